The molecule has 6 nitrogen and oxygen atoms in total. The number of nitriles is 1. The first-order valence-corrected chi connectivity index (χ1v) is 11.1. The Morgan fingerprint density at radius 2 is 1.85 bits per heavy atom. The van der Waals surface area contributed by atoms with Gasteiger partial charge in [0, 0.05) is 16.3 Å². The smallest absolute Gasteiger partial charge is 0.337 e. The quantitative estimate of drug-likeness (QED) is 0.166. The summed E-state index contributed by atoms with van der Waals surface area (Å²) in [6.45, 7) is 0.325. The number of anilines is 1. The van der Waals surface area contributed by atoms with E-state index in [1.807, 2.05) is 30.3 Å². The number of rotatable bonds is 7. The SMILES string of the molecule is COC(=O)c1ccc(NC(=O)/C(C#N)=C/c2ccc(OCc3ccccc3Cl)c(I)c2)cc1. The molecular weight excluding hydrogens is 555 g/mol. The number of hydrogen-bond acceptors (Lipinski definition) is 5. The number of nitrogens with one attached hydrogen (secondary N) is 1. The van der Waals surface area contributed by atoms with Crippen LogP contribution in [0.5, 0.6) is 5.75 Å². The van der Waals surface area contributed by atoms with Crippen LogP contribution >= 0.6 is 34.2 Å². The summed E-state index contributed by atoms with van der Waals surface area (Å²) in [7, 11) is 1.29. The van der Waals surface area contributed by atoms with Crippen LogP contribution in [-0.2, 0) is 16.1 Å². The Morgan fingerprint density at radius 1 is 1.12 bits per heavy atom. The Hall–Kier alpha value is -3.35. The number of amides is 1. The second-order valence-corrected chi connectivity index (χ2v) is 8.33. The lowest BCUT2D eigenvalue weighted by atomic mass is 10.1. The lowest BCUT2D eigenvalue weighted by Crippen LogP contribution is -2.13. The molecule has 1 amide bonds. The second-order valence-electron chi connectivity index (χ2n) is 6.76. The molecule has 0 unspecified atom stereocenters. The van der Waals surface area contributed by atoms with Crippen LogP contribution in [0.1, 0.15) is 21.5 Å². The molecule has 3 rings (SSSR count). The highest BCUT2D eigenvalue weighted by atomic mass is 127. The first-order chi connectivity index (χ1) is 15.9. The van der Waals surface area contributed by atoms with E-state index in [0.717, 1.165) is 9.13 Å². The summed E-state index contributed by atoms with van der Waals surface area (Å²) in [5, 5.41) is 12.7. The van der Waals surface area contributed by atoms with Crippen molar-refractivity contribution in [3.05, 3.63) is 97.6 Å². The zero-order chi connectivity index (χ0) is 23.8. The minimum atomic E-state index is -0.558. The van der Waals surface area contributed by atoms with Crippen LogP contribution in [0.25, 0.3) is 6.08 Å². The molecule has 0 aromatic heterocycles. The predicted molar refractivity (Wildman–Crippen MR) is 135 cm³/mol. The lowest BCUT2D eigenvalue weighted by Gasteiger charge is -2.10. The summed E-state index contributed by atoms with van der Waals surface area (Å²) in [5.41, 5.74) is 2.30. The van der Waals surface area contributed by atoms with Crippen LogP contribution in [0.2, 0.25) is 5.02 Å². The molecule has 8 heteroatoms. The molecule has 0 saturated carbocycles. The molecule has 3 aromatic rings. The highest BCUT2D eigenvalue weighted by Gasteiger charge is 2.12. The third-order valence-corrected chi connectivity index (χ3v) is 5.75. The van der Waals surface area contributed by atoms with Gasteiger partial charge in [-0.3, -0.25) is 4.79 Å². The molecule has 0 aliphatic rings. The van der Waals surface area contributed by atoms with Gasteiger partial charge in [-0.1, -0.05) is 35.9 Å². The molecule has 3 aromatic carbocycles. The molecule has 0 radical (unpaired) electrons. The molecule has 0 aliphatic carbocycles. The number of nitrogens with zero attached hydrogens (tertiary/aromatic N) is 1. The zero-order valence-corrected chi connectivity index (χ0v) is 20.4. The normalized spacial score (nSPS) is 10.8. The number of halogens is 2. The van der Waals surface area contributed by atoms with Gasteiger partial charge in [0.1, 0.15) is 24.0 Å². The number of esters is 1. The molecule has 0 heterocycles. The van der Waals surface area contributed by atoms with Crippen LogP contribution < -0.4 is 10.1 Å². The summed E-state index contributed by atoms with van der Waals surface area (Å²) in [5.74, 6) is -0.363. The zero-order valence-electron chi connectivity index (χ0n) is 17.5. The number of methoxy groups -OCH3 is 1. The molecule has 0 bridgehead atoms. The van der Waals surface area contributed by atoms with E-state index in [1.54, 1.807) is 30.3 Å². The van der Waals surface area contributed by atoms with Gasteiger partial charge in [-0.15, -0.1) is 0 Å². The van der Waals surface area contributed by atoms with Crippen molar-refractivity contribution in [3.63, 3.8) is 0 Å². The Kier molecular flexibility index (Phi) is 8.46. The van der Waals surface area contributed by atoms with E-state index in [4.69, 9.17) is 16.3 Å². The monoisotopic (exact) mass is 572 g/mol. The second kappa shape index (κ2) is 11.5. The summed E-state index contributed by atoms with van der Waals surface area (Å²) in [6.07, 6.45) is 1.50. The van der Waals surface area contributed by atoms with Crippen molar-refractivity contribution in [1.29, 1.82) is 5.26 Å². The highest BCUT2D eigenvalue weighted by Crippen LogP contribution is 2.25. The summed E-state index contributed by atoms with van der Waals surface area (Å²) < 4.78 is 11.3. The molecule has 0 spiro atoms. The summed E-state index contributed by atoms with van der Waals surface area (Å²) >= 11 is 8.30. The van der Waals surface area contributed by atoms with E-state index in [-0.39, 0.29) is 5.57 Å². The summed E-state index contributed by atoms with van der Waals surface area (Å²) in [6, 6.07) is 20.9. The van der Waals surface area contributed by atoms with Gasteiger partial charge in [0.2, 0.25) is 0 Å². The molecule has 0 saturated heterocycles. The molecule has 0 fully saturated rings. The van der Waals surface area contributed by atoms with Gasteiger partial charge >= 0.3 is 5.97 Å². The van der Waals surface area contributed by atoms with Crippen LogP contribution in [0, 0.1) is 14.9 Å². The largest absolute Gasteiger partial charge is 0.488 e. The average Bonchev–Trinajstić information content (AvgIpc) is 2.82. The fourth-order valence-electron chi connectivity index (χ4n) is 2.82. The fourth-order valence-corrected chi connectivity index (χ4v) is 3.70. The van der Waals surface area contributed by atoms with Crippen molar-refractivity contribution < 1.29 is 19.1 Å². The maximum atomic E-state index is 12.5. The highest BCUT2D eigenvalue weighted by molar-refractivity contribution is 14.1. The Morgan fingerprint density at radius 3 is 2.48 bits per heavy atom. The van der Waals surface area contributed by atoms with Gasteiger partial charge in [-0.05, 0) is 76.7 Å². The van der Waals surface area contributed by atoms with E-state index >= 15 is 0 Å². The van der Waals surface area contributed by atoms with Gasteiger partial charge < -0.3 is 14.8 Å². The average molecular weight is 573 g/mol. The van der Waals surface area contributed by atoms with E-state index in [0.29, 0.717) is 34.2 Å². The van der Waals surface area contributed by atoms with Gasteiger partial charge in [0.25, 0.3) is 5.91 Å². The van der Waals surface area contributed by atoms with Crippen molar-refractivity contribution in [2.75, 3.05) is 12.4 Å². The number of carbonyl (C=O) groups excluding carboxylic acids is 2. The summed E-state index contributed by atoms with van der Waals surface area (Å²) in [4.78, 5) is 24.0. The van der Waals surface area contributed by atoms with E-state index in [2.05, 4.69) is 32.6 Å². The Labute approximate surface area is 209 Å². The molecular formula is C25H18ClIN2O4. The molecule has 166 valence electrons. The topological polar surface area (TPSA) is 88.4 Å². The third kappa shape index (κ3) is 6.57. The van der Waals surface area contributed by atoms with Crippen molar-refractivity contribution in [1.82, 2.24) is 0 Å². The first kappa shape index (κ1) is 24.3. The molecule has 0 aliphatic heterocycles. The molecule has 33 heavy (non-hydrogen) atoms. The van der Waals surface area contributed by atoms with Crippen LogP contribution in [0.4, 0.5) is 5.69 Å². The van der Waals surface area contributed by atoms with Crippen molar-refractivity contribution in [2.45, 2.75) is 6.61 Å². The number of hydrogen-bond donors (Lipinski definition) is 1. The molecule has 1 N–H and O–H groups in total. The van der Waals surface area contributed by atoms with E-state index in [1.165, 1.54) is 25.3 Å². The standard InChI is InChI=1S/C25H18ClIN2O4/c1-32-25(31)17-7-9-20(10-8-17)29-24(30)19(14-28)12-16-6-11-23(22(27)13-16)33-15-18-4-2-3-5-21(18)26/h2-13H,15H2,1H3,(H,29,30)/b19-12+. The van der Waals surface area contributed by atoms with Crippen LogP contribution in [0.3, 0.4) is 0 Å². The van der Waals surface area contributed by atoms with E-state index in [9.17, 15) is 14.9 Å². The lowest BCUT2D eigenvalue weighted by molar-refractivity contribution is -0.112. The Balaban J connectivity index is 1.69. The maximum absolute atomic E-state index is 12.5. The maximum Gasteiger partial charge on any atom is 0.337 e. The van der Waals surface area contributed by atoms with Gasteiger partial charge in [0.05, 0.1) is 16.2 Å². The minimum Gasteiger partial charge on any atom is -0.488 e. The van der Waals surface area contributed by atoms with Crippen LogP contribution in [0.15, 0.2) is 72.3 Å². The number of carbonyl (C=O) groups is 2. The van der Waals surface area contributed by atoms with Gasteiger partial charge in [0.15, 0.2) is 0 Å². The van der Waals surface area contributed by atoms with Crippen molar-refractivity contribution >= 4 is 57.8 Å². The minimum absolute atomic E-state index is 0.0624. The van der Waals surface area contributed by atoms with Gasteiger partial charge in [-0.2, -0.15) is 5.26 Å². The third-order valence-electron chi connectivity index (χ3n) is 4.54. The molecule has 0 atom stereocenters. The predicted octanol–water partition coefficient (Wildman–Crippen LogP) is 5.86. The van der Waals surface area contributed by atoms with Gasteiger partial charge in [-0.25, -0.2) is 4.79 Å². The van der Waals surface area contributed by atoms with Crippen LogP contribution in [-0.4, -0.2) is 19.0 Å². The number of ether oxygens (including phenoxy) is 2. The first-order valence-electron chi connectivity index (χ1n) is 9.68. The fraction of sp³-hybridized carbons (Fsp3) is 0.0800. The van der Waals surface area contributed by atoms with Crippen molar-refractivity contribution in [3.8, 4) is 11.8 Å². The Bertz CT molecular complexity index is 1250. The number of benzene rings is 3. The van der Waals surface area contributed by atoms with Crippen molar-refractivity contribution in [2.24, 2.45) is 0 Å². The van der Waals surface area contributed by atoms with E-state index < -0.39 is 11.9 Å².